The van der Waals surface area contributed by atoms with Crippen LogP contribution in [0.1, 0.15) is 28.8 Å². The lowest BCUT2D eigenvalue weighted by Gasteiger charge is -2.22. The third-order valence-electron chi connectivity index (χ3n) is 4.38. The Morgan fingerprint density at radius 1 is 1.07 bits per heavy atom. The number of hydrogen-bond donors (Lipinski definition) is 2. The Balaban J connectivity index is 1.53. The highest BCUT2D eigenvalue weighted by molar-refractivity contribution is 5.98. The molecule has 0 aliphatic heterocycles. The topological polar surface area (TPSA) is 78.5 Å². The molecule has 6 nitrogen and oxygen atoms in total. The number of nitrogens with one attached hydrogen (secondary N) is 2. The second-order valence-corrected chi connectivity index (χ2v) is 6.87. The van der Waals surface area contributed by atoms with E-state index in [1.165, 1.54) is 23.1 Å². The molecule has 0 bridgehead atoms. The van der Waals surface area contributed by atoms with Gasteiger partial charge >= 0.3 is 0 Å². The van der Waals surface area contributed by atoms with Crippen LogP contribution in [0.15, 0.2) is 48.5 Å². The lowest BCUT2D eigenvalue weighted by molar-refractivity contribution is -0.124. The molecule has 1 saturated carbocycles. The number of benzene rings is 2. The molecular formula is C21H22FN3O3. The Morgan fingerprint density at radius 2 is 1.82 bits per heavy atom. The van der Waals surface area contributed by atoms with Crippen molar-refractivity contribution in [3.63, 3.8) is 0 Å². The Labute approximate surface area is 162 Å². The number of anilines is 1. The van der Waals surface area contributed by atoms with Gasteiger partial charge in [-0.1, -0.05) is 18.2 Å². The fraction of sp³-hybridized carbons (Fsp3) is 0.286. The number of halogens is 1. The van der Waals surface area contributed by atoms with Crippen LogP contribution in [0.5, 0.6) is 0 Å². The van der Waals surface area contributed by atoms with Gasteiger partial charge in [0.1, 0.15) is 12.4 Å². The van der Waals surface area contributed by atoms with E-state index in [4.69, 9.17) is 0 Å². The van der Waals surface area contributed by atoms with E-state index in [2.05, 4.69) is 10.6 Å². The Kier molecular flexibility index (Phi) is 6.03. The second-order valence-electron chi connectivity index (χ2n) is 6.87. The molecule has 1 aliphatic carbocycles. The van der Waals surface area contributed by atoms with Crippen LogP contribution >= 0.6 is 0 Å². The van der Waals surface area contributed by atoms with Crippen LogP contribution in [0.2, 0.25) is 0 Å². The van der Waals surface area contributed by atoms with Crippen molar-refractivity contribution in [1.29, 1.82) is 0 Å². The minimum atomic E-state index is -0.501. The third-order valence-corrected chi connectivity index (χ3v) is 4.38. The van der Waals surface area contributed by atoms with Crippen molar-refractivity contribution in [3.8, 4) is 0 Å². The first-order valence-corrected chi connectivity index (χ1v) is 9.12. The molecule has 0 heterocycles. The number of aryl methyl sites for hydroxylation is 1. The van der Waals surface area contributed by atoms with Crippen LogP contribution in [0.4, 0.5) is 10.1 Å². The number of rotatable bonds is 7. The van der Waals surface area contributed by atoms with Gasteiger partial charge < -0.3 is 15.5 Å². The number of nitrogens with zero attached hydrogens (tertiary/aromatic N) is 1. The molecule has 28 heavy (non-hydrogen) atoms. The van der Waals surface area contributed by atoms with Gasteiger partial charge in [0.2, 0.25) is 11.8 Å². The van der Waals surface area contributed by atoms with E-state index in [0.29, 0.717) is 5.69 Å². The standard InChI is InChI=1S/C21H22FN3O3/c1-14-4-2-7-17(10-14)24-19(26)12-23-20(27)13-25(18-8-9-18)21(28)15-5-3-6-16(22)11-15/h2-7,10-11,18H,8-9,12-13H2,1H3,(H,23,27)(H,24,26). The fourth-order valence-corrected chi connectivity index (χ4v) is 2.86. The van der Waals surface area contributed by atoms with Gasteiger partial charge in [-0.3, -0.25) is 14.4 Å². The Morgan fingerprint density at radius 3 is 2.50 bits per heavy atom. The summed E-state index contributed by atoms with van der Waals surface area (Å²) in [6.07, 6.45) is 1.62. The summed E-state index contributed by atoms with van der Waals surface area (Å²) < 4.78 is 13.4. The zero-order valence-corrected chi connectivity index (χ0v) is 15.6. The molecular weight excluding hydrogens is 361 g/mol. The monoisotopic (exact) mass is 383 g/mol. The molecule has 0 spiro atoms. The van der Waals surface area contributed by atoms with Crippen LogP contribution in [0.3, 0.4) is 0 Å². The fourth-order valence-electron chi connectivity index (χ4n) is 2.86. The van der Waals surface area contributed by atoms with E-state index in [9.17, 15) is 18.8 Å². The van der Waals surface area contributed by atoms with E-state index >= 15 is 0 Å². The van der Waals surface area contributed by atoms with Gasteiger partial charge in [0.05, 0.1) is 6.54 Å². The van der Waals surface area contributed by atoms with Gasteiger partial charge in [-0.05, 0) is 55.7 Å². The zero-order valence-electron chi connectivity index (χ0n) is 15.6. The molecule has 1 aliphatic rings. The maximum absolute atomic E-state index is 13.4. The van der Waals surface area contributed by atoms with Crippen LogP contribution in [0.25, 0.3) is 0 Å². The maximum Gasteiger partial charge on any atom is 0.254 e. The summed E-state index contributed by atoms with van der Waals surface area (Å²) in [5.41, 5.74) is 1.87. The van der Waals surface area contributed by atoms with Crippen LogP contribution in [-0.2, 0) is 9.59 Å². The molecule has 2 aromatic carbocycles. The van der Waals surface area contributed by atoms with Crippen molar-refractivity contribution in [3.05, 3.63) is 65.5 Å². The largest absolute Gasteiger partial charge is 0.345 e. The summed E-state index contributed by atoms with van der Waals surface area (Å²) in [5.74, 6) is -1.68. The maximum atomic E-state index is 13.4. The van der Waals surface area contributed by atoms with Crippen molar-refractivity contribution < 1.29 is 18.8 Å². The highest BCUT2D eigenvalue weighted by Crippen LogP contribution is 2.28. The van der Waals surface area contributed by atoms with Gasteiger partial charge in [-0.25, -0.2) is 4.39 Å². The summed E-state index contributed by atoms with van der Waals surface area (Å²) >= 11 is 0. The van der Waals surface area contributed by atoms with E-state index in [-0.39, 0.29) is 36.5 Å². The first-order valence-electron chi connectivity index (χ1n) is 9.12. The smallest absolute Gasteiger partial charge is 0.254 e. The molecule has 0 atom stereocenters. The normalized spacial score (nSPS) is 12.9. The molecule has 0 unspecified atom stereocenters. The number of carbonyl (C=O) groups excluding carboxylic acids is 3. The predicted molar refractivity (Wildman–Crippen MR) is 103 cm³/mol. The minimum Gasteiger partial charge on any atom is -0.345 e. The van der Waals surface area contributed by atoms with Crippen molar-refractivity contribution in [2.75, 3.05) is 18.4 Å². The Hall–Kier alpha value is -3.22. The minimum absolute atomic E-state index is 0.0253. The second kappa shape index (κ2) is 8.65. The molecule has 146 valence electrons. The number of hydrogen-bond acceptors (Lipinski definition) is 3. The summed E-state index contributed by atoms with van der Waals surface area (Å²) in [7, 11) is 0. The van der Waals surface area contributed by atoms with E-state index in [1.807, 2.05) is 25.1 Å². The van der Waals surface area contributed by atoms with Crippen molar-refractivity contribution in [1.82, 2.24) is 10.2 Å². The summed E-state index contributed by atoms with van der Waals surface area (Å²) in [5, 5.41) is 5.23. The lowest BCUT2D eigenvalue weighted by atomic mass is 10.2. The number of amides is 3. The van der Waals surface area contributed by atoms with Gasteiger partial charge in [-0.15, -0.1) is 0 Å². The van der Waals surface area contributed by atoms with E-state index in [0.717, 1.165) is 24.5 Å². The molecule has 0 saturated heterocycles. The van der Waals surface area contributed by atoms with Crippen molar-refractivity contribution in [2.45, 2.75) is 25.8 Å². The van der Waals surface area contributed by atoms with Crippen molar-refractivity contribution >= 4 is 23.4 Å². The SMILES string of the molecule is Cc1cccc(NC(=O)CNC(=O)CN(C(=O)c2cccc(F)c2)C2CC2)c1. The van der Waals surface area contributed by atoms with Gasteiger partial charge in [0.25, 0.3) is 5.91 Å². The number of carbonyl (C=O) groups is 3. The van der Waals surface area contributed by atoms with Gasteiger partial charge in [0.15, 0.2) is 0 Å². The van der Waals surface area contributed by atoms with Gasteiger partial charge in [0, 0.05) is 17.3 Å². The third kappa shape index (κ3) is 5.39. The summed E-state index contributed by atoms with van der Waals surface area (Å²) in [6.45, 7) is 1.55. The average molecular weight is 383 g/mol. The van der Waals surface area contributed by atoms with Gasteiger partial charge in [-0.2, -0.15) is 0 Å². The molecule has 1 fully saturated rings. The molecule has 0 radical (unpaired) electrons. The summed E-state index contributed by atoms with van der Waals surface area (Å²) in [6, 6.07) is 12.7. The average Bonchev–Trinajstić information content (AvgIpc) is 3.49. The van der Waals surface area contributed by atoms with Crippen LogP contribution in [0, 0.1) is 12.7 Å². The zero-order chi connectivity index (χ0) is 20.1. The van der Waals surface area contributed by atoms with Crippen molar-refractivity contribution in [2.24, 2.45) is 0 Å². The molecule has 7 heteroatoms. The molecule has 3 rings (SSSR count). The first kappa shape index (κ1) is 19.5. The molecule has 3 amide bonds. The van der Waals surface area contributed by atoms with E-state index < -0.39 is 11.7 Å². The highest BCUT2D eigenvalue weighted by atomic mass is 19.1. The highest BCUT2D eigenvalue weighted by Gasteiger charge is 2.34. The molecule has 2 N–H and O–H groups in total. The quantitative estimate of drug-likeness (QED) is 0.771. The first-order chi connectivity index (χ1) is 13.4. The molecule has 2 aromatic rings. The summed E-state index contributed by atoms with van der Waals surface area (Å²) in [4.78, 5) is 38.3. The lowest BCUT2D eigenvalue weighted by Crippen LogP contribution is -2.43. The van der Waals surface area contributed by atoms with Crippen LogP contribution < -0.4 is 10.6 Å². The Bertz CT molecular complexity index is 896. The van der Waals surface area contributed by atoms with Crippen LogP contribution in [-0.4, -0.2) is 41.8 Å². The predicted octanol–water partition coefficient (Wildman–Crippen LogP) is 2.49. The molecule has 0 aromatic heterocycles. The van der Waals surface area contributed by atoms with E-state index in [1.54, 1.807) is 6.07 Å².